The Morgan fingerprint density at radius 2 is 2.23 bits per heavy atom. The van der Waals surface area contributed by atoms with Gasteiger partial charge in [-0.1, -0.05) is 13.0 Å². The zero-order valence-electron chi connectivity index (χ0n) is 12.9. The smallest absolute Gasteiger partial charge is 0.212 e. The topological polar surface area (TPSA) is 77.8 Å². The van der Waals surface area contributed by atoms with Crippen molar-refractivity contribution in [2.24, 2.45) is 5.92 Å². The molecule has 1 saturated heterocycles. The van der Waals surface area contributed by atoms with Crippen molar-refractivity contribution < 1.29 is 19.8 Å². The summed E-state index contributed by atoms with van der Waals surface area (Å²) < 4.78 is 0. The van der Waals surface area contributed by atoms with Gasteiger partial charge >= 0.3 is 0 Å². The van der Waals surface area contributed by atoms with Crippen LogP contribution in [0.3, 0.4) is 0 Å². The molecule has 2 N–H and O–H groups in total. The Kier molecular flexibility index (Phi) is 5.55. The van der Waals surface area contributed by atoms with Crippen LogP contribution in [-0.4, -0.2) is 46.3 Å². The quantitative estimate of drug-likeness (QED) is 0.594. The van der Waals surface area contributed by atoms with Crippen LogP contribution >= 0.6 is 0 Å². The lowest BCUT2D eigenvalue weighted by atomic mass is 9.97. The molecule has 1 fully saturated rings. The van der Waals surface area contributed by atoms with Crippen LogP contribution in [-0.2, 0) is 16.0 Å². The van der Waals surface area contributed by atoms with Gasteiger partial charge in [0.25, 0.3) is 0 Å². The molecule has 0 aliphatic carbocycles. The molecule has 5 nitrogen and oxygen atoms in total. The van der Waals surface area contributed by atoms with E-state index in [9.17, 15) is 19.8 Å². The van der Waals surface area contributed by atoms with E-state index in [1.165, 1.54) is 6.07 Å². The van der Waals surface area contributed by atoms with E-state index < -0.39 is 0 Å². The van der Waals surface area contributed by atoms with Crippen molar-refractivity contribution in [3.05, 3.63) is 23.8 Å². The number of carbonyl (C=O) groups excluding carboxylic acids is 2. The molecule has 22 heavy (non-hydrogen) atoms. The molecule has 0 spiro atoms. The number of phenols is 2. The molecule has 0 bridgehead atoms. The molecule has 5 heteroatoms. The van der Waals surface area contributed by atoms with Crippen molar-refractivity contribution in [1.82, 2.24) is 4.90 Å². The van der Waals surface area contributed by atoms with Crippen molar-refractivity contribution in [1.29, 1.82) is 0 Å². The van der Waals surface area contributed by atoms with Crippen molar-refractivity contribution in [3.63, 3.8) is 0 Å². The molecule has 2 atom stereocenters. The number of carbonyl (C=O) groups is 2. The van der Waals surface area contributed by atoms with Crippen LogP contribution in [0.15, 0.2) is 18.2 Å². The summed E-state index contributed by atoms with van der Waals surface area (Å²) in [5.74, 6) is 0.188. The van der Waals surface area contributed by atoms with Gasteiger partial charge in [0.05, 0.1) is 6.04 Å². The Bertz CT molecular complexity index is 543. The van der Waals surface area contributed by atoms with E-state index in [0.29, 0.717) is 18.6 Å². The summed E-state index contributed by atoms with van der Waals surface area (Å²) in [6.45, 7) is 3.74. The molecule has 2 rings (SSSR count). The summed E-state index contributed by atoms with van der Waals surface area (Å²) in [5, 5.41) is 19.1. The van der Waals surface area contributed by atoms with E-state index in [4.69, 9.17) is 0 Å². The first-order chi connectivity index (χ1) is 10.5. The third-order valence-corrected chi connectivity index (χ3v) is 4.35. The molecule has 1 aromatic carbocycles. The zero-order chi connectivity index (χ0) is 16.1. The fraction of sp³-hybridized carbons (Fsp3) is 0.529. The molecule has 1 heterocycles. The molecular weight excluding hydrogens is 282 g/mol. The van der Waals surface area contributed by atoms with E-state index >= 15 is 0 Å². The predicted octanol–water partition coefficient (Wildman–Crippen LogP) is 1.90. The van der Waals surface area contributed by atoms with Gasteiger partial charge in [-0.05, 0) is 56.3 Å². The lowest BCUT2D eigenvalue weighted by Gasteiger charge is -2.23. The largest absolute Gasteiger partial charge is 0.508 e. The van der Waals surface area contributed by atoms with Crippen LogP contribution in [0.2, 0.25) is 0 Å². The lowest BCUT2D eigenvalue weighted by Crippen LogP contribution is -2.37. The van der Waals surface area contributed by atoms with Crippen LogP contribution in [0.25, 0.3) is 0 Å². The molecule has 1 aromatic rings. The van der Waals surface area contributed by atoms with Crippen molar-refractivity contribution in [2.45, 2.75) is 38.6 Å². The average molecular weight is 305 g/mol. The van der Waals surface area contributed by atoms with Crippen LogP contribution in [0.1, 0.15) is 31.7 Å². The third kappa shape index (κ3) is 4.07. The van der Waals surface area contributed by atoms with Gasteiger partial charge in [0, 0.05) is 6.07 Å². The Labute approximate surface area is 130 Å². The van der Waals surface area contributed by atoms with Crippen LogP contribution < -0.4 is 0 Å². The highest BCUT2D eigenvalue weighted by Crippen LogP contribution is 2.26. The first-order valence-electron chi connectivity index (χ1n) is 7.75. The maximum atomic E-state index is 11.6. The molecular formula is C17H23NO4. The van der Waals surface area contributed by atoms with Gasteiger partial charge in [0.2, 0.25) is 5.78 Å². The van der Waals surface area contributed by atoms with Gasteiger partial charge in [0.15, 0.2) is 6.29 Å². The molecule has 0 amide bonds. The van der Waals surface area contributed by atoms with Gasteiger partial charge in [-0.2, -0.15) is 0 Å². The number of Topliss-reactive ketones (excluding diaryl/α,β-unsaturated/α-hetero) is 1. The minimum Gasteiger partial charge on any atom is -0.508 e. The van der Waals surface area contributed by atoms with Crippen molar-refractivity contribution >= 4 is 12.1 Å². The maximum Gasteiger partial charge on any atom is 0.212 e. The Morgan fingerprint density at radius 3 is 2.91 bits per heavy atom. The summed E-state index contributed by atoms with van der Waals surface area (Å²) in [6, 6.07) is 4.41. The number of aromatic hydroxyl groups is 2. The molecule has 0 radical (unpaired) electrons. The summed E-state index contributed by atoms with van der Waals surface area (Å²) in [7, 11) is 0. The highest BCUT2D eigenvalue weighted by molar-refractivity contribution is 6.27. The Morgan fingerprint density at radius 1 is 1.45 bits per heavy atom. The highest BCUT2D eigenvalue weighted by Gasteiger charge is 2.29. The fourth-order valence-electron chi connectivity index (χ4n) is 3.08. The fourth-order valence-corrected chi connectivity index (χ4v) is 3.08. The zero-order valence-corrected chi connectivity index (χ0v) is 12.9. The third-order valence-electron chi connectivity index (χ3n) is 4.35. The summed E-state index contributed by atoms with van der Waals surface area (Å²) in [5.41, 5.74) is 0.812. The van der Waals surface area contributed by atoms with Gasteiger partial charge in [-0.3, -0.25) is 14.5 Å². The minimum absolute atomic E-state index is 0.0567. The summed E-state index contributed by atoms with van der Waals surface area (Å²) >= 11 is 0. The number of nitrogens with zero attached hydrogens (tertiary/aromatic N) is 1. The first kappa shape index (κ1) is 16.5. The SMILES string of the molecule is CC(CCN1CCCC1C(=O)C=O)Cc1ccc(O)cc1O. The van der Waals surface area contributed by atoms with Crippen LogP contribution in [0.4, 0.5) is 0 Å². The number of hydrogen-bond acceptors (Lipinski definition) is 5. The van der Waals surface area contributed by atoms with E-state index in [-0.39, 0.29) is 23.3 Å². The second-order valence-electron chi connectivity index (χ2n) is 6.13. The minimum atomic E-state index is -0.318. The van der Waals surface area contributed by atoms with E-state index in [2.05, 4.69) is 11.8 Å². The first-order valence-corrected chi connectivity index (χ1v) is 7.75. The average Bonchev–Trinajstić information content (AvgIpc) is 2.95. The second kappa shape index (κ2) is 7.40. The number of hydrogen-bond donors (Lipinski definition) is 2. The lowest BCUT2D eigenvalue weighted by molar-refractivity contribution is -0.132. The standard InChI is InChI=1S/C17H23NO4/c1-12(9-13-4-5-14(20)10-16(13)21)6-8-18-7-2-3-15(18)17(22)11-19/h4-5,10-12,15,20-21H,2-3,6-9H2,1H3. The van der Waals surface area contributed by atoms with Gasteiger partial charge in [0.1, 0.15) is 11.5 Å². The van der Waals surface area contributed by atoms with Gasteiger partial charge < -0.3 is 10.2 Å². The van der Waals surface area contributed by atoms with Crippen molar-refractivity contribution in [3.8, 4) is 11.5 Å². The predicted molar refractivity (Wildman–Crippen MR) is 82.9 cm³/mol. The van der Waals surface area contributed by atoms with E-state index in [0.717, 1.165) is 37.9 Å². The summed E-state index contributed by atoms with van der Waals surface area (Å²) in [6.07, 6.45) is 3.76. The van der Waals surface area contributed by atoms with Crippen LogP contribution in [0.5, 0.6) is 11.5 Å². The van der Waals surface area contributed by atoms with E-state index in [1.54, 1.807) is 12.1 Å². The number of phenolic OH excluding ortho intramolecular Hbond substituents is 2. The van der Waals surface area contributed by atoms with E-state index in [1.807, 2.05) is 0 Å². The van der Waals surface area contributed by atoms with Crippen LogP contribution in [0, 0.1) is 5.92 Å². The normalized spacial score (nSPS) is 20.0. The highest BCUT2D eigenvalue weighted by atomic mass is 16.3. The Balaban J connectivity index is 1.86. The number of aldehydes is 1. The number of likely N-dealkylation sites (tertiary alicyclic amines) is 1. The molecule has 1 aliphatic heterocycles. The van der Waals surface area contributed by atoms with Gasteiger partial charge in [-0.25, -0.2) is 0 Å². The molecule has 1 aliphatic rings. The van der Waals surface area contributed by atoms with Crippen molar-refractivity contribution in [2.75, 3.05) is 13.1 Å². The number of benzene rings is 1. The summed E-state index contributed by atoms with van der Waals surface area (Å²) in [4.78, 5) is 24.3. The molecule has 120 valence electrons. The number of ketones is 1. The molecule has 2 unspecified atom stereocenters. The van der Waals surface area contributed by atoms with Gasteiger partial charge in [-0.15, -0.1) is 0 Å². The number of rotatable bonds is 7. The monoisotopic (exact) mass is 305 g/mol. The Hall–Kier alpha value is -1.88. The molecule has 0 saturated carbocycles. The molecule has 0 aromatic heterocycles. The second-order valence-corrected chi connectivity index (χ2v) is 6.13. The maximum absolute atomic E-state index is 11.6.